The first kappa shape index (κ1) is 22.7. The van der Waals surface area contributed by atoms with Crippen LogP contribution in [0.15, 0.2) is 65.3 Å². The van der Waals surface area contributed by atoms with Crippen molar-refractivity contribution < 1.29 is 13.6 Å². The number of carbonyl (C=O) groups is 1. The van der Waals surface area contributed by atoms with Crippen LogP contribution in [0.1, 0.15) is 40.5 Å². The van der Waals surface area contributed by atoms with E-state index >= 15 is 0 Å². The van der Waals surface area contributed by atoms with E-state index in [0.29, 0.717) is 25.5 Å². The van der Waals surface area contributed by atoms with Crippen LogP contribution < -0.4 is 5.32 Å². The number of benzene rings is 2. The third-order valence-corrected chi connectivity index (χ3v) is 5.07. The Morgan fingerprint density at radius 3 is 2.61 bits per heavy atom. The second-order valence-electron chi connectivity index (χ2n) is 7.81. The van der Waals surface area contributed by atoms with Gasteiger partial charge in [-0.2, -0.15) is 0 Å². The molecular formula is C24H29FN4O2. The summed E-state index contributed by atoms with van der Waals surface area (Å²) >= 11 is 0. The van der Waals surface area contributed by atoms with Gasteiger partial charge in [0.2, 0.25) is 5.89 Å². The van der Waals surface area contributed by atoms with Crippen LogP contribution in [-0.2, 0) is 13.1 Å². The molecule has 1 heterocycles. The van der Waals surface area contributed by atoms with Crippen molar-refractivity contribution >= 4 is 5.91 Å². The van der Waals surface area contributed by atoms with E-state index in [9.17, 15) is 9.18 Å². The molecule has 0 aliphatic rings. The van der Waals surface area contributed by atoms with E-state index in [1.807, 2.05) is 43.3 Å². The van der Waals surface area contributed by atoms with E-state index in [-0.39, 0.29) is 23.5 Å². The minimum Gasteiger partial charge on any atom is -0.447 e. The molecule has 0 saturated carbocycles. The van der Waals surface area contributed by atoms with Crippen LogP contribution >= 0.6 is 0 Å². The highest BCUT2D eigenvalue weighted by molar-refractivity contribution is 5.91. The Morgan fingerprint density at radius 2 is 1.90 bits per heavy atom. The molecule has 0 aliphatic carbocycles. The maximum atomic E-state index is 13.7. The Hall–Kier alpha value is -3.03. The van der Waals surface area contributed by atoms with Crippen molar-refractivity contribution in [2.75, 3.05) is 27.2 Å². The van der Waals surface area contributed by atoms with Crippen LogP contribution in [0.2, 0.25) is 0 Å². The van der Waals surface area contributed by atoms with E-state index in [4.69, 9.17) is 4.42 Å². The largest absolute Gasteiger partial charge is 0.447 e. The summed E-state index contributed by atoms with van der Waals surface area (Å²) in [5.74, 6) is -0.0841. The van der Waals surface area contributed by atoms with Crippen LogP contribution in [0.4, 0.5) is 4.39 Å². The molecule has 7 heteroatoms. The van der Waals surface area contributed by atoms with Crippen molar-refractivity contribution in [3.05, 3.63) is 89.4 Å². The Morgan fingerprint density at radius 1 is 1.13 bits per heavy atom. The van der Waals surface area contributed by atoms with Crippen molar-refractivity contribution in [2.24, 2.45) is 0 Å². The highest BCUT2D eigenvalue weighted by Crippen LogP contribution is 2.24. The monoisotopic (exact) mass is 424 g/mol. The smallest absolute Gasteiger partial charge is 0.273 e. The van der Waals surface area contributed by atoms with Gasteiger partial charge in [-0.25, -0.2) is 9.37 Å². The molecule has 1 amide bonds. The van der Waals surface area contributed by atoms with Crippen LogP contribution in [0.3, 0.4) is 0 Å². The molecule has 0 radical (unpaired) electrons. The van der Waals surface area contributed by atoms with Gasteiger partial charge >= 0.3 is 0 Å². The summed E-state index contributed by atoms with van der Waals surface area (Å²) in [5.41, 5.74) is 2.25. The Kier molecular flexibility index (Phi) is 7.92. The van der Waals surface area contributed by atoms with Gasteiger partial charge in [-0.1, -0.05) is 42.5 Å². The summed E-state index contributed by atoms with van der Waals surface area (Å²) in [6.45, 7) is 4.27. The normalized spacial score (nSPS) is 12.3. The molecule has 3 aromatic rings. The van der Waals surface area contributed by atoms with Gasteiger partial charge in [0.05, 0.1) is 6.54 Å². The molecule has 0 aliphatic heterocycles. The van der Waals surface area contributed by atoms with Gasteiger partial charge in [0.15, 0.2) is 5.69 Å². The van der Waals surface area contributed by atoms with E-state index in [2.05, 4.69) is 34.3 Å². The third-order valence-electron chi connectivity index (χ3n) is 5.07. The molecule has 1 atom stereocenters. The molecule has 2 aromatic carbocycles. The highest BCUT2D eigenvalue weighted by atomic mass is 19.1. The standard InChI is InChI=1S/C24H29FN4O2/c1-18(20-9-5-4-6-10-20)29(15-19-8-7-11-21(25)14-19)16-23-27-22(17-31-23)24(30)26-12-13-28(2)3/h4-11,14,17-18H,12-13,15-16H2,1-3H3,(H,26,30). The van der Waals surface area contributed by atoms with Crippen LogP contribution in [0, 0.1) is 5.82 Å². The highest BCUT2D eigenvalue weighted by Gasteiger charge is 2.20. The Balaban J connectivity index is 1.74. The van der Waals surface area contributed by atoms with Crippen LogP contribution in [0.5, 0.6) is 0 Å². The molecule has 164 valence electrons. The van der Waals surface area contributed by atoms with Gasteiger partial charge in [0.1, 0.15) is 12.1 Å². The van der Waals surface area contributed by atoms with Gasteiger partial charge in [-0.15, -0.1) is 0 Å². The Bertz CT molecular complexity index is 974. The topological polar surface area (TPSA) is 61.6 Å². The second-order valence-corrected chi connectivity index (χ2v) is 7.81. The zero-order valence-electron chi connectivity index (χ0n) is 18.2. The van der Waals surface area contributed by atoms with Gasteiger partial charge < -0.3 is 14.6 Å². The summed E-state index contributed by atoms with van der Waals surface area (Å²) in [7, 11) is 3.89. The van der Waals surface area contributed by atoms with Crippen molar-refractivity contribution in [2.45, 2.75) is 26.1 Å². The molecule has 0 fully saturated rings. The minimum absolute atomic E-state index is 0.0359. The molecule has 31 heavy (non-hydrogen) atoms. The van der Waals surface area contributed by atoms with Crippen molar-refractivity contribution in [3.8, 4) is 0 Å². The number of hydrogen-bond acceptors (Lipinski definition) is 5. The lowest BCUT2D eigenvalue weighted by Crippen LogP contribution is -2.31. The van der Waals surface area contributed by atoms with Gasteiger partial charge in [0.25, 0.3) is 5.91 Å². The fraction of sp³-hybridized carbons (Fsp3) is 0.333. The molecule has 0 bridgehead atoms. The number of oxazole rings is 1. The lowest BCUT2D eigenvalue weighted by atomic mass is 10.1. The van der Waals surface area contributed by atoms with E-state index < -0.39 is 0 Å². The second kappa shape index (κ2) is 10.8. The number of nitrogens with one attached hydrogen (secondary N) is 1. The molecular weight excluding hydrogens is 395 g/mol. The number of likely N-dealkylation sites (N-methyl/N-ethyl adjacent to an activating group) is 1. The molecule has 1 unspecified atom stereocenters. The molecule has 6 nitrogen and oxygen atoms in total. The molecule has 1 aromatic heterocycles. The van der Waals surface area contributed by atoms with E-state index in [1.165, 1.54) is 18.4 Å². The van der Waals surface area contributed by atoms with Gasteiger partial charge in [0, 0.05) is 25.7 Å². The van der Waals surface area contributed by atoms with E-state index in [1.54, 1.807) is 6.07 Å². The van der Waals surface area contributed by atoms with Crippen molar-refractivity contribution in [3.63, 3.8) is 0 Å². The summed E-state index contributed by atoms with van der Waals surface area (Å²) < 4.78 is 19.3. The summed E-state index contributed by atoms with van der Waals surface area (Å²) in [6.07, 6.45) is 1.38. The number of halogens is 1. The fourth-order valence-electron chi connectivity index (χ4n) is 3.29. The SMILES string of the molecule is CC(c1ccccc1)N(Cc1cccc(F)c1)Cc1nc(C(=O)NCCN(C)C)co1. The maximum Gasteiger partial charge on any atom is 0.273 e. The number of aromatic nitrogens is 1. The number of hydrogen-bond donors (Lipinski definition) is 1. The fourth-order valence-corrected chi connectivity index (χ4v) is 3.29. The molecule has 3 rings (SSSR count). The van der Waals surface area contributed by atoms with Gasteiger partial charge in [-0.3, -0.25) is 9.69 Å². The lowest BCUT2D eigenvalue weighted by molar-refractivity contribution is 0.0946. The average Bonchev–Trinajstić information content (AvgIpc) is 3.22. The summed E-state index contributed by atoms with van der Waals surface area (Å²) in [5, 5.41) is 2.83. The first-order valence-corrected chi connectivity index (χ1v) is 10.3. The zero-order valence-corrected chi connectivity index (χ0v) is 18.2. The molecule has 0 saturated heterocycles. The van der Waals surface area contributed by atoms with E-state index in [0.717, 1.165) is 17.7 Å². The zero-order chi connectivity index (χ0) is 22.2. The maximum absolute atomic E-state index is 13.7. The molecule has 1 N–H and O–H groups in total. The Labute approximate surface area is 182 Å². The lowest BCUT2D eigenvalue weighted by Gasteiger charge is -2.28. The number of amides is 1. The first-order valence-electron chi connectivity index (χ1n) is 10.3. The van der Waals surface area contributed by atoms with Crippen LogP contribution in [-0.4, -0.2) is 47.9 Å². The number of carbonyl (C=O) groups excluding carboxylic acids is 1. The first-order chi connectivity index (χ1) is 14.9. The number of nitrogens with zero attached hydrogens (tertiary/aromatic N) is 3. The predicted molar refractivity (Wildman–Crippen MR) is 118 cm³/mol. The van der Waals surface area contributed by atoms with Gasteiger partial charge in [-0.05, 0) is 44.3 Å². The predicted octanol–water partition coefficient (Wildman–Crippen LogP) is 3.87. The van der Waals surface area contributed by atoms with Crippen molar-refractivity contribution in [1.82, 2.24) is 20.1 Å². The average molecular weight is 425 g/mol. The van der Waals surface area contributed by atoms with Crippen molar-refractivity contribution in [1.29, 1.82) is 0 Å². The quantitative estimate of drug-likeness (QED) is 0.535. The number of rotatable bonds is 10. The summed E-state index contributed by atoms with van der Waals surface area (Å²) in [6, 6.07) is 16.7. The summed E-state index contributed by atoms with van der Waals surface area (Å²) in [4.78, 5) is 20.8. The van der Waals surface area contributed by atoms with Crippen LogP contribution in [0.25, 0.3) is 0 Å². The minimum atomic E-state index is -0.266. The molecule has 0 spiro atoms. The third kappa shape index (κ3) is 6.73.